The molecule has 0 rings (SSSR count). The summed E-state index contributed by atoms with van der Waals surface area (Å²) in [5, 5.41) is 8.56. The molecule has 0 aromatic rings. The number of hydrogen-bond acceptors (Lipinski definition) is 4. The minimum atomic E-state index is -2.87. The highest BCUT2D eigenvalue weighted by atomic mass is 31.1. The lowest BCUT2D eigenvalue weighted by Gasteiger charge is -2.11. The van der Waals surface area contributed by atoms with Crippen molar-refractivity contribution in [3.05, 3.63) is 0 Å². The van der Waals surface area contributed by atoms with Gasteiger partial charge in [-0.1, -0.05) is 0 Å². The molecule has 10 heteroatoms. The molecule has 0 amide bonds. The van der Waals surface area contributed by atoms with Gasteiger partial charge in [-0.3, -0.25) is 4.90 Å². The third kappa shape index (κ3) is 91.6. The Bertz CT molecular complexity index is 136. The van der Waals surface area contributed by atoms with Crippen molar-refractivity contribution in [2.45, 2.75) is 13.2 Å². The zero-order chi connectivity index (χ0) is 12.3. The van der Waals surface area contributed by atoms with Crippen molar-refractivity contribution in [2.24, 2.45) is 0 Å². The third-order valence-electron chi connectivity index (χ3n) is 0.747. The van der Waals surface area contributed by atoms with Crippen molar-refractivity contribution in [2.75, 3.05) is 14.1 Å². The Hall–Kier alpha value is -0.0400. The molecule has 1 atom stereocenters. The molecule has 0 spiro atoms. The molecule has 1 unspecified atom stereocenters. The Balaban J connectivity index is -0.000000135. The number of aliphatic hydroxyl groups is 1. The minimum Gasteiger partial charge on any atom is -0.379 e. The zero-order valence-corrected chi connectivity index (χ0v) is 9.76. The molecule has 0 heterocycles. The first-order valence-electron chi connectivity index (χ1n) is 3.15. The Morgan fingerprint density at radius 3 is 1.07 bits per heavy atom. The molecular weight excluding hydrogens is 236 g/mol. The average molecular weight is 251 g/mol. The van der Waals surface area contributed by atoms with E-state index in [1.807, 2.05) is 14.1 Å². The molecule has 14 heavy (non-hydrogen) atoms. The summed E-state index contributed by atoms with van der Waals surface area (Å²) in [6.07, 6.45) is -0.315. The quantitative estimate of drug-likeness (QED) is 0.300. The minimum absolute atomic E-state index is 0.315. The molecular formula is C4H15NO7P2+2. The average Bonchev–Trinajstić information content (AvgIpc) is 1.83. The molecule has 0 saturated heterocycles. The summed E-state index contributed by atoms with van der Waals surface area (Å²) in [6.45, 7) is 1.72. The highest BCUT2D eigenvalue weighted by Gasteiger charge is 1.93. The van der Waals surface area contributed by atoms with Crippen LogP contribution in [0, 0.1) is 0 Å². The van der Waals surface area contributed by atoms with Crippen LogP contribution in [0.15, 0.2) is 0 Å². The van der Waals surface area contributed by atoms with Crippen molar-refractivity contribution in [3.8, 4) is 0 Å². The maximum absolute atomic E-state index is 8.70. The first-order chi connectivity index (χ1) is 6.11. The maximum atomic E-state index is 8.70. The summed E-state index contributed by atoms with van der Waals surface area (Å²) >= 11 is 0. The Labute approximate surface area is 83.3 Å². The van der Waals surface area contributed by atoms with Crippen LogP contribution in [0.5, 0.6) is 0 Å². The van der Waals surface area contributed by atoms with Crippen LogP contribution in [0.3, 0.4) is 0 Å². The van der Waals surface area contributed by atoms with Crippen LogP contribution in [0.2, 0.25) is 0 Å². The van der Waals surface area contributed by atoms with Crippen molar-refractivity contribution >= 4 is 16.5 Å². The van der Waals surface area contributed by atoms with Gasteiger partial charge in [-0.05, 0) is 21.0 Å². The second kappa shape index (κ2) is 13.0. The van der Waals surface area contributed by atoms with E-state index < -0.39 is 16.5 Å². The van der Waals surface area contributed by atoms with E-state index in [2.05, 4.69) is 0 Å². The summed E-state index contributed by atoms with van der Waals surface area (Å²) in [5.74, 6) is 0. The summed E-state index contributed by atoms with van der Waals surface area (Å²) in [7, 11) is -2.09. The zero-order valence-electron chi connectivity index (χ0n) is 7.97. The van der Waals surface area contributed by atoms with Crippen molar-refractivity contribution in [3.63, 3.8) is 0 Å². The maximum Gasteiger partial charge on any atom is 0.692 e. The van der Waals surface area contributed by atoms with Gasteiger partial charge in [0.05, 0.1) is 0 Å². The molecule has 0 fully saturated rings. The fraction of sp³-hybridized carbons (Fsp3) is 1.00. The predicted octanol–water partition coefficient (Wildman–Crippen LogP) is -0.857. The molecule has 8 nitrogen and oxygen atoms in total. The van der Waals surface area contributed by atoms with Crippen molar-refractivity contribution in [1.29, 1.82) is 0 Å². The number of hydrogen-bond donors (Lipinski definition) is 5. The SMILES string of the molecule is CC(O)N(C)C.O=[P+](O)O.O=[P+](O)O. The largest absolute Gasteiger partial charge is 0.692 e. The van der Waals surface area contributed by atoms with Gasteiger partial charge in [-0.15, -0.1) is 19.6 Å². The molecule has 0 aromatic heterocycles. The molecule has 0 aliphatic rings. The normalized spacial score (nSPS) is 10.4. The summed E-state index contributed by atoms with van der Waals surface area (Å²) in [5.41, 5.74) is 0. The van der Waals surface area contributed by atoms with Crippen molar-refractivity contribution < 1.29 is 33.8 Å². The van der Waals surface area contributed by atoms with Gasteiger partial charge in [0.1, 0.15) is 6.23 Å². The molecule has 0 radical (unpaired) electrons. The van der Waals surface area contributed by atoms with Gasteiger partial charge in [-0.2, -0.15) is 0 Å². The highest BCUT2D eigenvalue weighted by molar-refractivity contribution is 7.31. The molecule has 0 aliphatic carbocycles. The van der Waals surface area contributed by atoms with Crippen LogP contribution in [-0.4, -0.2) is 49.9 Å². The fourth-order valence-electron chi connectivity index (χ4n) is 0. The topological polar surface area (TPSA) is 139 Å². The lowest BCUT2D eigenvalue weighted by atomic mass is 10.6. The van der Waals surface area contributed by atoms with E-state index in [-0.39, 0.29) is 6.23 Å². The van der Waals surface area contributed by atoms with Crippen LogP contribution >= 0.6 is 16.5 Å². The smallest absolute Gasteiger partial charge is 0.379 e. The van der Waals surface area contributed by atoms with E-state index in [4.69, 9.17) is 33.8 Å². The van der Waals surface area contributed by atoms with E-state index in [0.29, 0.717) is 0 Å². The second-order valence-electron chi connectivity index (χ2n) is 2.10. The number of nitrogens with zero attached hydrogens (tertiary/aromatic N) is 1. The monoisotopic (exact) mass is 251 g/mol. The fourth-order valence-corrected chi connectivity index (χ4v) is 0. The molecule has 0 aliphatic heterocycles. The van der Waals surface area contributed by atoms with E-state index in [1.165, 1.54) is 0 Å². The van der Waals surface area contributed by atoms with Gasteiger partial charge < -0.3 is 5.11 Å². The highest BCUT2D eigenvalue weighted by Crippen LogP contribution is 1.98. The van der Waals surface area contributed by atoms with Crippen LogP contribution in [-0.2, 0) is 9.13 Å². The number of rotatable bonds is 1. The van der Waals surface area contributed by atoms with Gasteiger partial charge in [0.15, 0.2) is 0 Å². The van der Waals surface area contributed by atoms with Crippen molar-refractivity contribution in [1.82, 2.24) is 4.90 Å². The lowest BCUT2D eigenvalue weighted by Crippen LogP contribution is -2.23. The Morgan fingerprint density at radius 2 is 1.07 bits per heavy atom. The first kappa shape index (κ1) is 19.5. The first-order valence-corrected chi connectivity index (χ1v) is 5.48. The third-order valence-corrected chi connectivity index (χ3v) is 0.747. The van der Waals surface area contributed by atoms with E-state index in [0.717, 1.165) is 0 Å². The van der Waals surface area contributed by atoms with Gasteiger partial charge in [0.25, 0.3) is 0 Å². The van der Waals surface area contributed by atoms with Crippen LogP contribution < -0.4 is 0 Å². The number of aliphatic hydroxyl groups excluding tert-OH is 1. The molecule has 5 N–H and O–H groups in total. The molecule has 0 bridgehead atoms. The molecule has 0 aromatic carbocycles. The van der Waals surface area contributed by atoms with Gasteiger partial charge in [0.2, 0.25) is 0 Å². The second-order valence-corrected chi connectivity index (χ2v) is 3.11. The van der Waals surface area contributed by atoms with E-state index >= 15 is 0 Å². The summed E-state index contributed by atoms with van der Waals surface area (Å²) < 4.78 is 17.4. The predicted molar refractivity (Wildman–Crippen MR) is 49.5 cm³/mol. The van der Waals surface area contributed by atoms with Gasteiger partial charge in [0, 0.05) is 9.13 Å². The van der Waals surface area contributed by atoms with E-state index in [9.17, 15) is 0 Å². The Kier molecular flexibility index (Phi) is 18.1. The van der Waals surface area contributed by atoms with Crippen LogP contribution in [0.1, 0.15) is 6.92 Å². The molecule has 86 valence electrons. The summed E-state index contributed by atoms with van der Waals surface area (Å²) in [6, 6.07) is 0. The van der Waals surface area contributed by atoms with Crippen LogP contribution in [0.4, 0.5) is 0 Å². The van der Waals surface area contributed by atoms with Crippen LogP contribution in [0.25, 0.3) is 0 Å². The molecule has 0 saturated carbocycles. The summed E-state index contributed by atoms with van der Waals surface area (Å²) in [4.78, 5) is 30.2. The van der Waals surface area contributed by atoms with E-state index in [1.54, 1.807) is 11.8 Å². The standard InChI is InChI=1S/C4H11NO.2HO3P/c1-4(6)5(2)3;2*1-4(2)3/h4,6H,1-3H3;2*(H-,1,2,3)/p+2. The van der Waals surface area contributed by atoms with Gasteiger partial charge >= 0.3 is 16.5 Å². The Morgan fingerprint density at radius 1 is 1.00 bits per heavy atom. The van der Waals surface area contributed by atoms with Gasteiger partial charge in [-0.25, -0.2) is 0 Å². The lowest BCUT2D eigenvalue weighted by molar-refractivity contribution is 0.0578.